The monoisotopic (exact) mass is 307 g/mol. The van der Waals surface area contributed by atoms with E-state index in [9.17, 15) is 14.5 Å². The average molecular weight is 307 g/mol. The number of nitrogens with zero attached hydrogens (tertiary/aromatic N) is 2. The molecule has 1 fully saturated rings. The molecule has 2 rings (SSSR count). The van der Waals surface area contributed by atoms with Gasteiger partial charge >= 0.3 is 13.5 Å². The van der Waals surface area contributed by atoms with Crippen molar-refractivity contribution in [2.45, 2.75) is 24.9 Å². The van der Waals surface area contributed by atoms with Gasteiger partial charge in [-0.15, -0.1) is 0 Å². The van der Waals surface area contributed by atoms with Crippen LogP contribution in [0.2, 0.25) is 0 Å². The summed E-state index contributed by atoms with van der Waals surface area (Å²) >= 11 is 0. The first-order valence-electron chi connectivity index (χ1n) is 5.64. The van der Waals surface area contributed by atoms with E-state index in [1.165, 1.54) is 12.3 Å². The topological polar surface area (TPSA) is 157 Å². The van der Waals surface area contributed by atoms with Crippen molar-refractivity contribution in [3.05, 3.63) is 22.7 Å². The molecule has 0 bridgehead atoms. The van der Waals surface area contributed by atoms with Crippen molar-refractivity contribution < 1.29 is 28.7 Å². The van der Waals surface area contributed by atoms with Crippen molar-refractivity contribution in [2.75, 3.05) is 12.3 Å². The maximum Gasteiger partial charge on any atom is 0.469 e. The van der Waals surface area contributed by atoms with E-state index in [4.69, 9.17) is 20.3 Å². The lowest BCUT2D eigenvalue weighted by Gasteiger charge is -2.16. The van der Waals surface area contributed by atoms with Crippen molar-refractivity contribution in [3.8, 4) is 0 Å². The van der Waals surface area contributed by atoms with Gasteiger partial charge in [0, 0.05) is 12.6 Å². The van der Waals surface area contributed by atoms with Crippen molar-refractivity contribution in [2.24, 2.45) is 0 Å². The van der Waals surface area contributed by atoms with E-state index in [1.807, 2.05) is 0 Å². The summed E-state index contributed by atoms with van der Waals surface area (Å²) in [6, 6.07) is 1.40. The average Bonchev–Trinajstić information content (AvgIpc) is 2.67. The van der Waals surface area contributed by atoms with E-state index in [2.05, 4.69) is 9.51 Å². The Hall–Kier alpha value is -1.29. The SMILES string of the molecule is Nc1ccn([C@H]2C[C@H](O)[C@H](COP(=O)(O)O)O2)c(=O)n1. The van der Waals surface area contributed by atoms with Gasteiger partial charge in [0.25, 0.3) is 0 Å². The standard InChI is InChI=1S/C9H14N3O7P/c10-7-1-2-12(9(14)11-7)8-3-5(13)6(19-8)4-18-20(15,16)17/h1-2,5-6,8,13H,3-4H2,(H2,10,11,14)(H2,15,16,17)/t5-,6-,8+/m0/s1. The first kappa shape index (κ1) is 15.1. The van der Waals surface area contributed by atoms with Crippen LogP contribution in [-0.2, 0) is 13.8 Å². The van der Waals surface area contributed by atoms with Gasteiger partial charge in [0.05, 0.1) is 12.7 Å². The second-order valence-electron chi connectivity index (χ2n) is 4.26. The molecule has 0 unspecified atom stereocenters. The molecule has 0 amide bonds. The summed E-state index contributed by atoms with van der Waals surface area (Å²) in [6.45, 7) is -0.487. The Bertz CT molecular complexity index is 585. The van der Waals surface area contributed by atoms with Gasteiger partial charge in [0.2, 0.25) is 0 Å². The van der Waals surface area contributed by atoms with E-state index in [1.54, 1.807) is 0 Å². The molecule has 0 radical (unpaired) electrons. The number of hydrogen-bond acceptors (Lipinski definition) is 7. The van der Waals surface area contributed by atoms with Crippen LogP contribution in [0.3, 0.4) is 0 Å². The lowest BCUT2D eigenvalue weighted by molar-refractivity contribution is -0.0450. The Balaban J connectivity index is 2.06. The number of aliphatic hydroxyl groups excluding tert-OH is 1. The Morgan fingerprint density at radius 3 is 2.90 bits per heavy atom. The number of nitrogen functional groups attached to an aromatic ring is 1. The van der Waals surface area contributed by atoms with Crippen molar-refractivity contribution in [1.82, 2.24) is 9.55 Å². The number of phosphoric ester groups is 1. The molecule has 0 spiro atoms. The van der Waals surface area contributed by atoms with E-state index in [0.717, 1.165) is 4.57 Å². The van der Waals surface area contributed by atoms with Crippen molar-refractivity contribution in [3.63, 3.8) is 0 Å². The van der Waals surface area contributed by atoms with Gasteiger partial charge in [0.1, 0.15) is 18.1 Å². The fraction of sp³-hybridized carbons (Fsp3) is 0.556. The number of aromatic nitrogens is 2. The van der Waals surface area contributed by atoms with Crippen LogP contribution in [0.4, 0.5) is 5.82 Å². The van der Waals surface area contributed by atoms with Crippen LogP contribution in [0.25, 0.3) is 0 Å². The predicted molar refractivity (Wildman–Crippen MR) is 65.4 cm³/mol. The zero-order valence-electron chi connectivity index (χ0n) is 10.2. The maximum absolute atomic E-state index is 11.6. The van der Waals surface area contributed by atoms with E-state index in [-0.39, 0.29) is 12.2 Å². The summed E-state index contributed by atoms with van der Waals surface area (Å²) in [5.41, 5.74) is 4.72. The molecule has 0 aromatic carbocycles. The smallest absolute Gasteiger partial charge is 0.390 e. The number of nitrogens with two attached hydrogens (primary N) is 1. The zero-order valence-corrected chi connectivity index (χ0v) is 11.1. The third-order valence-corrected chi connectivity index (χ3v) is 3.26. The highest BCUT2D eigenvalue weighted by Gasteiger charge is 2.36. The van der Waals surface area contributed by atoms with E-state index >= 15 is 0 Å². The third kappa shape index (κ3) is 3.63. The van der Waals surface area contributed by atoms with Crippen LogP contribution < -0.4 is 11.4 Å². The maximum atomic E-state index is 11.6. The summed E-state index contributed by atoms with van der Waals surface area (Å²) in [4.78, 5) is 32.3. The number of hydrogen-bond donors (Lipinski definition) is 4. The second kappa shape index (κ2) is 5.60. The highest BCUT2D eigenvalue weighted by molar-refractivity contribution is 7.46. The number of ether oxygens (including phenoxy) is 1. The number of aliphatic hydroxyl groups is 1. The highest BCUT2D eigenvalue weighted by atomic mass is 31.2. The summed E-state index contributed by atoms with van der Waals surface area (Å²) < 4.78 is 21.3. The summed E-state index contributed by atoms with van der Waals surface area (Å²) in [5.74, 6) is 0.0613. The molecule has 112 valence electrons. The normalized spacial score (nSPS) is 26.9. The summed E-state index contributed by atoms with van der Waals surface area (Å²) in [6.07, 6.45) is -1.32. The van der Waals surface area contributed by atoms with Gasteiger partial charge in [-0.1, -0.05) is 0 Å². The number of phosphoric acid groups is 1. The van der Waals surface area contributed by atoms with Gasteiger partial charge in [-0.2, -0.15) is 4.98 Å². The summed E-state index contributed by atoms with van der Waals surface area (Å²) in [7, 11) is -4.64. The largest absolute Gasteiger partial charge is 0.469 e. The van der Waals surface area contributed by atoms with Gasteiger partial charge in [0.15, 0.2) is 0 Å². The van der Waals surface area contributed by atoms with Gasteiger partial charge < -0.3 is 25.4 Å². The minimum atomic E-state index is -4.64. The first-order valence-corrected chi connectivity index (χ1v) is 7.17. The predicted octanol–water partition coefficient (Wildman–Crippen LogP) is -1.42. The van der Waals surface area contributed by atoms with E-state index in [0.29, 0.717) is 0 Å². The fourth-order valence-electron chi connectivity index (χ4n) is 1.85. The highest BCUT2D eigenvalue weighted by Crippen LogP contribution is 2.38. The minimum absolute atomic E-state index is 0.0613. The fourth-order valence-corrected chi connectivity index (χ4v) is 2.19. The molecule has 2 heterocycles. The molecule has 11 heteroatoms. The third-order valence-electron chi connectivity index (χ3n) is 2.77. The van der Waals surface area contributed by atoms with Gasteiger partial charge in [-0.05, 0) is 6.07 Å². The molecule has 0 saturated carbocycles. The molecule has 3 atom stereocenters. The van der Waals surface area contributed by atoms with Gasteiger partial charge in [-0.3, -0.25) is 9.09 Å². The van der Waals surface area contributed by atoms with E-state index < -0.39 is 38.6 Å². The van der Waals surface area contributed by atoms with Crippen molar-refractivity contribution >= 4 is 13.6 Å². The molecule has 20 heavy (non-hydrogen) atoms. The lowest BCUT2D eigenvalue weighted by atomic mass is 10.2. The van der Waals surface area contributed by atoms with Crippen LogP contribution in [0, 0.1) is 0 Å². The summed E-state index contributed by atoms with van der Waals surface area (Å²) in [5, 5.41) is 9.74. The molecule has 5 N–H and O–H groups in total. The molecule has 10 nitrogen and oxygen atoms in total. The molecule has 1 aliphatic rings. The molecular weight excluding hydrogens is 293 g/mol. The van der Waals surface area contributed by atoms with Crippen LogP contribution >= 0.6 is 7.82 Å². The van der Waals surface area contributed by atoms with Crippen molar-refractivity contribution in [1.29, 1.82) is 0 Å². The van der Waals surface area contributed by atoms with Crippen LogP contribution in [0.15, 0.2) is 17.1 Å². The van der Waals surface area contributed by atoms with Gasteiger partial charge in [-0.25, -0.2) is 9.36 Å². The minimum Gasteiger partial charge on any atom is -0.390 e. The number of rotatable bonds is 4. The molecular formula is C9H14N3O7P. The quantitative estimate of drug-likeness (QED) is 0.490. The molecule has 1 aliphatic heterocycles. The van der Waals surface area contributed by atoms with Crippen LogP contribution in [0.5, 0.6) is 0 Å². The second-order valence-corrected chi connectivity index (χ2v) is 5.50. The van der Waals surface area contributed by atoms with Crippen LogP contribution in [-0.4, -0.2) is 43.3 Å². The first-order chi connectivity index (χ1) is 9.26. The molecule has 0 aliphatic carbocycles. The van der Waals surface area contributed by atoms with Crippen LogP contribution in [0.1, 0.15) is 12.6 Å². The number of anilines is 1. The molecule has 1 aromatic heterocycles. The Kier molecular flexibility index (Phi) is 4.23. The molecule has 1 saturated heterocycles. The zero-order chi connectivity index (χ0) is 14.9. The Labute approximate surface area is 113 Å². The Morgan fingerprint density at radius 1 is 1.60 bits per heavy atom. The lowest BCUT2D eigenvalue weighted by Crippen LogP contribution is -2.28. The molecule has 1 aromatic rings. The Morgan fingerprint density at radius 2 is 2.30 bits per heavy atom.